The summed E-state index contributed by atoms with van der Waals surface area (Å²) in [4.78, 5) is 16.9. The molecule has 23 heavy (non-hydrogen) atoms. The lowest BCUT2D eigenvalue weighted by Crippen LogP contribution is -2.14. The summed E-state index contributed by atoms with van der Waals surface area (Å²) in [6.45, 7) is 1.75. The van der Waals surface area contributed by atoms with Crippen molar-refractivity contribution in [2.75, 3.05) is 12.4 Å². The summed E-state index contributed by atoms with van der Waals surface area (Å²) in [5, 5.41) is 3.38. The lowest BCUT2D eigenvalue weighted by molar-refractivity contribution is 0.102. The van der Waals surface area contributed by atoms with E-state index >= 15 is 0 Å². The molecule has 1 aromatic heterocycles. The maximum absolute atomic E-state index is 13.4. The number of methoxy groups -OCH3 is 1. The van der Waals surface area contributed by atoms with E-state index in [4.69, 9.17) is 4.74 Å². The normalized spacial score (nSPS) is 10.6. The zero-order chi connectivity index (χ0) is 16.4. The van der Waals surface area contributed by atoms with Crippen LogP contribution in [0, 0.1) is 12.7 Å². The Morgan fingerprint density at radius 2 is 1.96 bits per heavy atom. The first-order valence-electron chi connectivity index (χ1n) is 7.10. The van der Waals surface area contributed by atoms with Gasteiger partial charge >= 0.3 is 0 Å². The summed E-state index contributed by atoms with van der Waals surface area (Å²) in [7, 11) is 1.54. The van der Waals surface area contributed by atoms with E-state index in [1.54, 1.807) is 37.3 Å². The number of para-hydroxylation sites is 2. The predicted octanol–water partition coefficient (Wildman–Crippen LogP) is 3.94. The van der Waals surface area contributed by atoms with Crippen LogP contribution in [0.2, 0.25) is 0 Å². The van der Waals surface area contributed by atoms with Crippen molar-refractivity contribution in [1.29, 1.82) is 0 Å². The van der Waals surface area contributed by atoms with Gasteiger partial charge in [-0.05, 0) is 43.3 Å². The number of nitrogens with zero attached hydrogens (tertiary/aromatic N) is 1. The van der Waals surface area contributed by atoms with Crippen LogP contribution >= 0.6 is 0 Å². The van der Waals surface area contributed by atoms with Crippen molar-refractivity contribution in [3.05, 3.63) is 65.6 Å². The van der Waals surface area contributed by atoms with E-state index in [9.17, 15) is 9.18 Å². The van der Waals surface area contributed by atoms with Crippen molar-refractivity contribution in [2.45, 2.75) is 6.92 Å². The van der Waals surface area contributed by atoms with Gasteiger partial charge in [0.15, 0.2) is 0 Å². The number of fused-ring (bicyclic) bond motifs is 1. The maximum atomic E-state index is 13.4. The number of halogens is 1. The molecule has 3 aromatic rings. The van der Waals surface area contributed by atoms with Gasteiger partial charge in [-0.25, -0.2) is 4.39 Å². The Kier molecular flexibility index (Phi) is 3.93. The Balaban J connectivity index is 1.98. The molecule has 0 unspecified atom stereocenters. The largest absolute Gasteiger partial charge is 0.495 e. The lowest BCUT2D eigenvalue weighted by Gasteiger charge is -2.11. The highest BCUT2D eigenvalue weighted by Gasteiger charge is 2.14. The summed E-state index contributed by atoms with van der Waals surface area (Å²) >= 11 is 0. The van der Waals surface area contributed by atoms with Crippen molar-refractivity contribution in [2.24, 2.45) is 0 Å². The average molecular weight is 310 g/mol. The molecule has 1 N–H and O–H groups in total. The molecule has 1 amide bonds. The van der Waals surface area contributed by atoms with Gasteiger partial charge in [-0.15, -0.1) is 0 Å². The predicted molar refractivity (Wildman–Crippen MR) is 87.4 cm³/mol. The molecule has 0 saturated heterocycles. The van der Waals surface area contributed by atoms with Crippen LogP contribution in [0.4, 0.5) is 10.1 Å². The van der Waals surface area contributed by atoms with Gasteiger partial charge in [-0.3, -0.25) is 9.78 Å². The van der Waals surface area contributed by atoms with Crippen LogP contribution in [0.3, 0.4) is 0 Å². The Morgan fingerprint density at radius 3 is 2.74 bits per heavy atom. The number of carbonyl (C=O) groups excluding carboxylic acids is 1. The van der Waals surface area contributed by atoms with E-state index in [0.717, 1.165) is 0 Å². The number of nitrogens with one attached hydrogen (secondary N) is 1. The van der Waals surface area contributed by atoms with Crippen molar-refractivity contribution in [3.63, 3.8) is 0 Å². The minimum atomic E-state index is -0.362. The van der Waals surface area contributed by atoms with Gasteiger partial charge in [0, 0.05) is 5.39 Å². The molecule has 0 spiro atoms. The molecule has 4 nitrogen and oxygen atoms in total. The highest BCUT2D eigenvalue weighted by atomic mass is 19.1. The van der Waals surface area contributed by atoms with Crippen LogP contribution in [0.5, 0.6) is 5.75 Å². The highest BCUT2D eigenvalue weighted by Crippen LogP contribution is 2.25. The number of benzene rings is 2. The first-order chi connectivity index (χ1) is 11.1. The number of aryl methyl sites for hydroxylation is 1. The summed E-state index contributed by atoms with van der Waals surface area (Å²) in [6.07, 6.45) is 0. The van der Waals surface area contributed by atoms with Crippen molar-refractivity contribution >= 4 is 22.5 Å². The molecular weight excluding hydrogens is 295 g/mol. The Labute approximate surface area is 132 Å². The zero-order valence-electron chi connectivity index (χ0n) is 12.8. The molecular formula is C18H15FN2O2. The third-order valence-electron chi connectivity index (χ3n) is 3.57. The number of hydrogen-bond donors (Lipinski definition) is 1. The molecule has 2 aromatic carbocycles. The number of ether oxygens (including phenoxy) is 1. The van der Waals surface area contributed by atoms with Crippen molar-refractivity contribution in [1.82, 2.24) is 4.98 Å². The van der Waals surface area contributed by atoms with E-state index in [2.05, 4.69) is 10.3 Å². The third kappa shape index (κ3) is 2.99. The summed E-state index contributed by atoms with van der Waals surface area (Å²) in [5.41, 5.74) is 2.20. The molecule has 0 radical (unpaired) electrons. The number of anilines is 1. The standard InChI is InChI=1S/C18H15FN2O2/c1-11-14(10-12-9-13(19)7-8-15(12)20-11)18(22)21-16-5-3-4-6-17(16)23-2/h3-10H,1-2H3,(H,21,22). The topological polar surface area (TPSA) is 51.2 Å². The number of amides is 1. The average Bonchev–Trinajstić information content (AvgIpc) is 2.55. The van der Waals surface area contributed by atoms with E-state index in [1.807, 2.05) is 6.07 Å². The minimum Gasteiger partial charge on any atom is -0.495 e. The molecule has 0 bridgehead atoms. The van der Waals surface area contributed by atoms with E-state index in [1.165, 1.54) is 19.2 Å². The first kappa shape index (κ1) is 15.0. The molecule has 3 rings (SSSR count). The second-order valence-electron chi connectivity index (χ2n) is 5.11. The van der Waals surface area contributed by atoms with Crippen LogP contribution in [-0.4, -0.2) is 18.0 Å². The molecule has 0 aliphatic carbocycles. The van der Waals surface area contributed by atoms with Crippen LogP contribution < -0.4 is 10.1 Å². The Morgan fingerprint density at radius 1 is 1.17 bits per heavy atom. The highest BCUT2D eigenvalue weighted by molar-refractivity contribution is 6.07. The van der Waals surface area contributed by atoms with Crippen molar-refractivity contribution in [3.8, 4) is 5.75 Å². The van der Waals surface area contributed by atoms with E-state index < -0.39 is 0 Å². The maximum Gasteiger partial charge on any atom is 0.257 e. The number of hydrogen-bond acceptors (Lipinski definition) is 3. The number of rotatable bonds is 3. The van der Waals surface area contributed by atoms with Gasteiger partial charge in [0.1, 0.15) is 11.6 Å². The van der Waals surface area contributed by atoms with Gasteiger partial charge in [-0.1, -0.05) is 12.1 Å². The van der Waals surface area contributed by atoms with Crippen LogP contribution in [0.1, 0.15) is 16.1 Å². The summed E-state index contributed by atoms with van der Waals surface area (Å²) in [6, 6.07) is 13.1. The minimum absolute atomic E-state index is 0.314. The quantitative estimate of drug-likeness (QED) is 0.797. The fraction of sp³-hybridized carbons (Fsp3) is 0.111. The molecule has 116 valence electrons. The van der Waals surface area contributed by atoms with E-state index in [-0.39, 0.29) is 11.7 Å². The molecule has 0 atom stereocenters. The fourth-order valence-electron chi connectivity index (χ4n) is 2.41. The molecule has 0 saturated carbocycles. The van der Waals surface area contributed by atoms with Crippen LogP contribution in [0.25, 0.3) is 10.9 Å². The van der Waals surface area contributed by atoms with Gasteiger partial charge in [0.2, 0.25) is 0 Å². The van der Waals surface area contributed by atoms with Gasteiger partial charge in [0.05, 0.1) is 29.6 Å². The van der Waals surface area contributed by atoms with Crippen molar-refractivity contribution < 1.29 is 13.9 Å². The number of pyridine rings is 1. The fourth-order valence-corrected chi connectivity index (χ4v) is 2.41. The SMILES string of the molecule is COc1ccccc1NC(=O)c1cc2cc(F)ccc2nc1C. The Bertz CT molecular complexity index is 893. The second-order valence-corrected chi connectivity index (χ2v) is 5.11. The smallest absolute Gasteiger partial charge is 0.257 e. The van der Waals surface area contributed by atoms with Crippen LogP contribution in [-0.2, 0) is 0 Å². The molecule has 5 heteroatoms. The molecule has 0 aliphatic heterocycles. The van der Waals surface area contributed by atoms with Gasteiger partial charge in [0.25, 0.3) is 5.91 Å². The molecule has 1 heterocycles. The number of carbonyl (C=O) groups is 1. The summed E-state index contributed by atoms with van der Waals surface area (Å²) < 4.78 is 18.6. The lowest BCUT2D eigenvalue weighted by atomic mass is 10.1. The zero-order valence-corrected chi connectivity index (χ0v) is 12.8. The molecule has 0 aliphatic rings. The summed E-state index contributed by atoms with van der Waals surface area (Å²) in [5.74, 6) is -0.108. The van der Waals surface area contributed by atoms with Gasteiger partial charge in [-0.2, -0.15) is 0 Å². The first-order valence-corrected chi connectivity index (χ1v) is 7.10. The van der Waals surface area contributed by atoms with Gasteiger partial charge < -0.3 is 10.1 Å². The van der Waals surface area contributed by atoms with E-state index in [0.29, 0.717) is 33.6 Å². The monoisotopic (exact) mass is 310 g/mol. The number of aromatic nitrogens is 1. The third-order valence-corrected chi connectivity index (χ3v) is 3.57. The Hall–Kier alpha value is -2.95. The van der Waals surface area contributed by atoms with Crippen LogP contribution in [0.15, 0.2) is 48.5 Å². The second kappa shape index (κ2) is 6.04. The molecule has 0 fully saturated rings.